The van der Waals surface area contributed by atoms with Crippen molar-refractivity contribution in [3.05, 3.63) is 102 Å². The van der Waals surface area contributed by atoms with Gasteiger partial charge in [-0.3, -0.25) is 0 Å². The highest BCUT2D eigenvalue weighted by molar-refractivity contribution is 5.91. The molecule has 0 saturated heterocycles. The summed E-state index contributed by atoms with van der Waals surface area (Å²) in [5.41, 5.74) is 2.91. The number of carbonyl (C=O) groups excluding carboxylic acids is 1. The first-order chi connectivity index (χ1) is 14.9. The molecule has 0 aliphatic carbocycles. The summed E-state index contributed by atoms with van der Waals surface area (Å²) < 4.78 is 6.98. The van der Waals surface area contributed by atoms with Crippen molar-refractivity contribution in [2.75, 3.05) is 0 Å². The topological polar surface area (TPSA) is 68.2 Å². The second-order valence-corrected chi connectivity index (χ2v) is 8.29. The van der Waals surface area contributed by atoms with E-state index in [1.165, 1.54) is 4.68 Å². The van der Waals surface area contributed by atoms with Crippen molar-refractivity contribution in [2.45, 2.75) is 32.3 Å². The van der Waals surface area contributed by atoms with E-state index in [-0.39, 0.29) is 5.92 Å². The third kappa shape index (κ3) is 4.53. The van der Waals surface area contributed by atoms with Crippen molar-refractivity contribution >= 4 is 17.0 Å². The van der Waals surface area contributed by atoms with Gasteiger partial charge in [-0.15, -0.1) is 0 Å². The number of hydrogen-bond acceptors (Lipinski definition) is 5. The standard InChI is InChI=1S/C25H26N4O2/c1-25(2,3)31-24(30)29-21-13-5-4-12-20(21)23(28-29)22(18-10-6-8-14-26-16-18)19-11-7-9-15-27-17-19/h4-17,22,26-27H,1-3H3. The molecule has 6 nitrogen and oxygen atoms in total. The van der Waals surface area contributed by atoms with Crippen LogP contribution in [-0.4, -0.2) is 21.5 Å². The summed E-state index contributed by atoms with van der Waals surface area (Å²) in [6.07, 6.45) is 19.1. The van der Waals surface area contributed by atoms with Crippen LogP contribution in [0.5, 0.6) is 0 Å². The number of nitrogens with one attached hydrogen (secondary N) is 2. The highest BCUT2D eigenvalue weighted by Gasteiger charge is 2.28. The van der Waals surface area contributed by atoms with Gasteiger partial charge in [-0.2, -0.15) is 9.78 Å². The molecule has 6 heteroatoms. The highest BCUT2D eigenvalue weighted by atomic mass is 16.6. The third-order valence-corrected chi connectivity index (χ3v) is 4.81. The molecule has 2 aliphatic rings. The lowest BCUT2D eigenvalue weighted by Crippen LogP contribution is -2.27. The molecular formula is C25H26N4O2. The lowest BCUT2D eigenvalue weighted by Gasteiger charge is -2.20. The van der Waals surface area contributed by atoms with Crippen LogP contribution in [0.25, 0.3) is 10.9 Å². The van der Waals surface area contributed by atoms with Crippen molar-refractivity contribution in [3.63, 3.8) is 0 Å². The Bertz CT molecular complexity index is 1130. The monoisotopic (exact) mass is 414 g/mol. The first kappa shape index (κ1) is 20.5. The lowest BCUT2D eigenvalue weighted by molar-refractivity contribution is 0.0522. The molecule has 0 amide bonds. The smallest absolute Gasteiger partial charge is 0.435 e. The fourth-order valence-corrected chi connectivity index (χ4v) is 3.56. The molecule has 3 heterocycles. The van der Waals surface area contributed by atoms with Gasteiger partial charge < -0.3 is 15.4 Å². The van der Waals surface area contributed by atoms with Crippen molar-refractivity contribution in [2.24, 2.45) is 0 Å². The average Bonchev–Trinajstić information content (AvgIpc) is 2.93. The number of nitrogens with zero attached hydrogens (tertiary/aromatic N) is 2. The molecule has 4 rings (SSSR count). The van der Waals surface area contributed by atoms with Crippen LogP contribution in [0.15, 0.2) is 96.7 Å². The molecular weight excluding hydrogens is 388 g/mol. The SMILES string of the molecule is CC(C)(C)OC(=O)n1nc(C(C2=CNC=CC=C2)C2=CNC=CC=C2)c2ccccc21. The van der Waals surface area contributed by atoms with E-state index in [2.05, 4.69) is 22.8 Å². The average molecular weight is 415 g/mol. The van der Waals surface area contributed by atoms with Gasteiger partial charge in [-0.05, 0) is 50.1 Å². The van der Waals surface area contributed by atoms with Crippen LogP contribution in [-0.2, 0) is 4.74 Å². The van der Waals surface area contributed by atoms with Crippen LogP contribution in [0.2, 0.25) is 0 Å². The van der Waals surface area contributed by atoms with Gasteiger partial charge in [0.05, 0.1) is 17.1 Å². The van der Waals surface area contributed by atoms with Crippen LogP contribution < -0.4 is 10.6 Å². The minimum atomic E-state index is -0.617. The fraction of sp³-hybridized carbons (Fsp3) is 0.200. The van der Waals surface area contributed by atoms with Gasteiger partial charge in [0.25, 0.3) is 0 Å². The maximum Gasteiger partial charge on any atom is 0.435 e. The van der Waals surface area contributed by atoms with Gasteiger partial charge in [0.2, 0.25) is 0 Å². The molecule has 2 aliphatic heterocycles. The maximum absolute atomic E-state index is 12.9. The Morgan fingerprint density at radius 1 is 0.968 bits per heavy atom. The number of fused-ring (bicyclic) bond motifs is 1. The van der Waals surface area contributed by atoms with Crippen LogP contribution in [0, 0.1) is 0 Å². The predicted molar refractivity (Wildman–Crippen MR) is 123 cm³/mol. The summed E-state index contributed by atoms with van der Waals surface area (Å²) in [5, 5.41) is 12.1. The van der Waals surface area contributed by atoms with Gasteiger partial charge in [0.15, 0.2) is 0 Å². The van der Waals surface area contributed by atoms with Gasteiger partial charge in [0, 0.05) is 30.2 Å². The zero-order chi connectivity index (χ0) is 21.8. The Balaban J connectivity index is 1.89. The Hall–Kier alpha value is -3.80. The molecule has 0 fully saturated rings. The molecule has 0 unspecified atom stereocenters. The minimum absolute atomic E-state index is 0.208. The van der Waals surface area contributed by atoms with Crippen LogP contribution >= 0.6 is 0 Å². The zero-order valence-corrected chi connectivity index (χ0v) is 17.9. The quantitative estimate of drug-likeness (QED) is 0.738. The third-order valence-electron chi connectivity index (χ3n) is 4.81. The van der Waals surface area contributed by atoms with E-state index in [4.69, 9.17) is 9.84 Å². The number of aromatic nitrogens is 2. The number of hydrogen-bond donors (Lipinski definition) is 2. The number of benzene rings is 1. The number of ether oxygens (including phenoxy) is 1. The van der Waals surface area contributed by atoms with Crippen LogP contribution in [0.1, 0.15) is 32.4 Å². The fourth-order valence-electron chi connectivity index (χ4n) is 3.56. The van der Waals surface area contributed by atoms with Crippen molar-refractivity contribution in [1.82, 2.24) is 20.4 Å². The number of carbonyl (C=O) groups is 1. The highest BCUT2D eigenvalue weighted by Crippen LogP contribution is 2.37. The van der Waals surface area contributed by atoms with E-state index in [1.807, 2.05) is 94.1 Å². The molecule has 0 radical (unpaired) electrons. The first-order valence-electron chi connectivity index (χ1n) is 10.2. The molecule has 2 aromatic rings. The second-order valence-electron chi connectivity index (χ2n) is 8.29. The molecule has 2 N–H and O–H groups in total. The summed E-state index contributed by atoms with van der Waals surface area (Å²) in [6.45, 7) is 5.54. The Kier molecular flexibility index (Phi) is 5.62. The second kappa shape index (κ2) is 8.52. The molecule has 0 bridgehead atoms. The molecule has 1 aromatic carbocycles. The molecule has 0 spiro atoms. The summed E-state index contributed by atoms with van der Waals surface area (Å²) in [7, 11) is 0. The van der Waals surface area contributed by atoms with Crippen molar-refractivity contribution < 1.29 is 9.53 Å². The van der Waals surface area contributed by atoms with E-state index in [9.17, 15) is 4.79 Å². The number of rotatable bonds is 3. The molecule has 0 atom stereocenters. The number of allylic oxidation sites excluding steroid dienone is 8. The van der Waals surface area contributed by atoms with Crippen LogP contribution in [0.4, 0.5) is 4.79 Å². The first-order valence-corrected chi connectivity index (χ1v) is 10.2. The molecule has 1 aromatic heterocycles. The van der Waals surface area contributed by atoms with E-state index in [0.717, 1.165) is 22.2 Å². The van der Waals surface area contributed by atoms with Gasteiger partial charge in [-0.25, -0.2) is 4.79 Å². The van der Waals surface area contributed by atoms with E-state index in [0.29, 0.717) is 5.52 Å². The van der Waals surface area contributed by atoms with E-state index in [1.54, 1.807) is 0 Å². The Labute approximate surface area is 182 Å². The van der Waals surface area contributed by atoms with Gasteiger partial charge >= 0.3 is 6.09 Å². The normalized spacial score (nSPS) is 15.7. The largest absolute Gasteiger partial charge is 0.442 e. The summed E-state index contributed by atoms with van der Waals surface area (Å²) in [4.78, 5) is 12.9. The van der Waals surface area contributed by atoms with Gasteiger partial charge in [0.1, 0.15) is 5.60 Å². The molecule has 0 saturated carbocycles. The van der Waals surface area contributed by atoms with E-state index >= 15 is 0 Å². The molecule has 31 heavy (non-hydrogen) atoms. The number of para-hydroxylation sites is 1. The van der Waals surface area contributed by atoms with Crippen molar-refractivity contribution in [3.8, 4) is 0 Å². The summed E-state index contributed by atoms with van der Waals surface area (Å²) in [5.74, 6) is -0.208. The summed E-state index contributed by atoms with van der Waals surface area (Å²) >= 11 is 0. The minimum Gasteiger partial charge on any atom is -0.442 e. The zero-order valence-electron chi connectivity index (χ0n) is 17.9. The summed E-state index contributed by atoms with van der Waals surface area (Å²) in [6, 6.07) is 7.74. The Morgan fingerprint density at radius 3 is 2.19 bits per heavy atom. The van der Waals surface area contributed by atoms with Crippen molar-refractivity contribution in [1.29, 1.82) is 0 Å². The molecule has 158 valence electrons. The predicted octanol–water partition coefficient (Wildman–Crippen LogP) is 5.02. The van der Waals surface area contributed by atoms with E-state index < -0.39 is 11.7 Å². The van der Waals surface area contributed by atoms with Gasteiger partial charge in [-0.1, -0.05) is 42.5 Å². The maximum atomic E-state index is 12.9. The Morgan fingerprint density at radius 2 is 1.58 bits per heavy atom. The lowest BCUT2D eigenvalue weighted by atomic mass is 9.86. The van der Waals surface area contributed by atoms with Crippen LogP contribution in [0.3, 0.4) is 0 Å².